The predicted molar refractivity (Wildman–Crippen MR) is 285 cm³/mol. The summed E-state index contributed by atoms with van der Waals surface area (Å²) in [7, 11) is 5.23. The maximum Gasteiger partial charge on any atom is 0.407 e. The maximum atomic E-state index is 17.0. The van der Waals surface area contributed by atoms with E-state index < -0.39 is 95.7 Å². The molecule has 80 heavy (non-hydrogen) atoms. The van der Waals surface area contributed by atoms with Gasteiger partial charge in [0.1, 0.15) is 46.9 Å². The molecule has 18 nitrogen and oxygen atoms in total. The largest absolute Gasteiger partial charge is 0.453 e. The minimum Gasteiger partial charge on any atom is -0.453 e. The van der Waals surface area contributed by atoms with Crippen LogP contribution in [0.2, 0.25) is 0 Å². The summed E-state index contributed by atoms with van der Waals surface area (Å²) in [4.78, 5) is 75.3. The zero-order chi connectivity index (χ0) is 56.7. The van der Waals surface area contributed by atoms with Gasteiger partial charge in [0.15, 0.2) is 11.6 Å². The number of aromatic nitrogens is 4. The molecule has 0 aliphatic carbocycles. The highest BCUT2D eigenvalue weighted by atomic mass is 19.1. The molecule has 1 unspecified atom stereocenters. The van der Waals surface area contributed by atoms with E-state index in [1.807, 2.05) is 0 Å². The molecule has 6 heterocycles. The predicted octanol–water partition coefficient (Wildman–Crippen LogP) is 9.45. The fourth-order valence-electron chi connectivity index (χ4n) is 12.3. The van der Waals surface area contributed by atoms with E-state index in [0.29, 0.717) is 87.4 Å². The van der Waals surface area contributed by atoms with Gasteiger partial charge in [-0.1, -0.05) is 12.1 Å². The van der Waals surface area contributed by atoms with E-state index in [1.54, 1.807) is 57.7 Å². The zero-order valence-electron chi connectivity index (χ0n) is 45.3. The van der Waals surface area contributed by atoms with Crippen molar-refractivity contribution in [1.29, 1.82) is 0 Å². The molecule has 2 aromatic heterocycles. The second-order valence-corrected chi connectivity index (χ2v) is 21.1. The van der Waals surface area contributed by atoms with Gasteiger partial charge in [0.2, 0.25) is 11.8 Å². The van der Waals surface area contributed by atoms with Gasteiger partial charge in [0, 0.05) is 69.3 Å². The average Bonchev–Trinajstić information content (AvgIpc) is 4.48. The Kier molecular flexibility index (Phi) is 16.2. The molecular formula is C57H65F5N10O8. The number of fused-ring (bicyclic) bond motifs is 2. The van der Waals surface area contributed by atoms with Gasteiger partial charge in [-0.15, -0.1) is 0 Å². The Bertz CT molecular complexity index is 3100. The molecule has 4 aliphatic heterocycles. The first-order valence-corrected chi connectivity index (χ1v) is 27.0. The van der Waals surface area contributed by atoms with Crippen molar-refractivity contribution < 1.29 is 60.1 Å². The van der Waals surface area contributed by atoms with Crippen molar-refractivity contribution in [2.75, 3.05) is 64.4 Å². The third-order valence-corrected chi connectivity index (χ3v) is 16.6. The van der Waals surface area contributed by atoms with Crippen LogP contribution in [-0.2, 0) is 28.5 Å². The molecule has 0 radical (unpaired) electrons. The highest BCUT2D eigenvalue weighted by Crippen LogP contribution is 2.50. The Balaban J connectivity index is 0.993. The molecule has 4 aromatic carbocycles. The fraction of sp³-hybridized carbons (Fsp3) is 0.474. The van der Waals surface area contributed by atoms with Gasteiger partial charge < -0.3 is 59.1 Å². The van der Waals surface area contributed by atoms with E-state index in [0.717, 1.165) is 5.56 Å². The molecule has 4 fully saturated rings. The van der Waals surface area contributed by atoms with E-state index in [2.05, 4.69) is 20.6 Å². The first kappa shape index (κ1) is 55.8. The number of amides is 4. The monoisotopic (exact) mass is 1110 g/mol. The lowest BCUT2D eigenvalue weighted by molar-refractivity contribution is -0.138. The van der Waals surface area contributed by atoms with Gasteiger partial charge in [-0.2, -0.15) is 0 Å². The van der Waals surface area contributed by atoms with Gasteiger partial charge in [0.05, 0.1) is 72.7 Å². The molecule has 0 saturated carbocycles. The fourth-order valence-corrected chi connectivity index (χ4v) is 12.3. The van der Waals surface area contributed by atoms with E-state index in [-0.39, 0.29) is 58.1 Å². The normalized spacial score (nSPS) is 21.3. The minimum absolute atomic E-state index is 0.0491. The lowest BCUT2D eigenvalue weighted by Gasteiger charge is -2.36. The number of likely N-dealkylation sites (tertiary alicyclic amines) is 2. The van der Waals surface area contributed by atoms with Crippen LogP contribution in [0.25, 0.3) is 22.1 Å². The van der Waals surface area contributed by atoms with Gasteiger partial charge in [-0.25, -0.2) is 41.5 Å². The summed E-state index contributed by atoms with van der Waals surface area (Å²) in [6.07, 6.45) is 0.794. The molecule has 0 spiro atoms. The smallest absolute Gasteiger partial charge is 0.407 e. The highest BCUT2D eigenvalue weighted by molar-refractivity contribution is 5.88. The number of methoxy groups -OCH3 is 4. The van der Waals surface area contributed by atoms with Crippen LogP contribution in [0.5, 0.6) is 0 Å². The summed E-state index contributed by atoms with van der Waals surface area (Å²) >= 11 is 0. The van der Waals surface area contributed by atoms with Crippen LogP contribution in [0.1, 0.15) is 124 Å². The lowest BCUT2D eigenvalue weighted by atomic mass is 9.89. The number of nitrogens with one attached hydrogen (secondary N) is 4. The highest BCUT2D eigenvalue weighted by Gasteiger charge is 2.43. The molecule has 6 aromatic rings. The van der Waals surface area contributed by atoms with Crippen molar-refractivity contribution in [2.24, 2.45) is 0 Å². The zero-order valence-corrected chi connectivity index (χ0v) is 45.3. The van der Waals surface area contributed by atoms with Gasteiger partial charge in [-0.3, -0.25) is 9.59 Å². The van der Waals surface area contributed by atoms with Crippen LogP contribution in [-0.4, -0.2) is 133 Å². The Morgan fingerprint density at radius 3 is 1.45 bits per heavy atom. The van der Waals surface area contributed by atoms with Crippen LogP contribution >= 0.6 is 0 Å². The summed E-state index contributed by atoms with van der Waals surface area (Å²) in [5, 5.41) is 5.14. The third-order valence-electron chi connectivity index (χ3n) is 16.6. The van der Waals surface area contributed by atoms with Crippen molar-refractivity contribution in [1.82, 2.24) is 40.4 Å². The molecule has 4 aliphatic rings. The van der Waals surface area contributed by atoms with Gasteiger partial charge in [0.25, 0.3) is 0 Å². The maximum absolute atomic E-state index is 17.0. The third kappa shape index (κ3) is 10.8. The first-order chi connectivity index (χ1) is 38.5. The Hall–Kier alpha value is -7.53. The number of halogens is 5. The van der Waals surface area contributed by atoms with Crippen LogP contribution < -0.4 is 20.4 Å². The number of benzene rings is 4. The van der Waals surface area contributed by atoms with Crippen molar-refractivity contribution in [2.45, 2.75) is 120 Å². The number of anilines is 2. The van der Waals surface area contributed by atoms with Gasteiger partial charge in [-0.05, 0) is 113 Å². The van der Waals surface area contributed by atoms with Crippen molar-refractivity contribution in [3.8, 4) is 0 Å². The SMILES string of the molecule is COC(=O)NC(C(=O)N1CCC[C@@H]1c1nc2cc(F)c([C@H]3CC[C@H](c4cc5[nH]c([C@H]6CCCN6C(=O)[C@@H](NC(=O)OC)[C@@H](C)OC)nc5cc4F)N3c3cc(F)c(N4CCC(c5ccc(F)cc5)CC4)c(F)c3)cc2[nH]1)[C@@H](C)OC. The number of nitrogens with zero attached hydrogens (tertiary/aromatic N) is 6. The number of hydrogen-bond acceptors (Lipinski definition) is 12. The average molecular weight is 1110 g/mol. The lowest BCUT2D eigenvalue weighted by Crippen LogP contribution is -2.54. The topological polar surface area (TPSA) is 200 Å². The number of rotatable bonds is 15. The van der Waals surface area contributed by atoms with E-state index >= 15 is 17.6 Å². The Labute approximate surface area is 458 Å². The van der Waals surface area contributed by atoms with E-state index in [4.69, 9.17) is 28.9 Å². The van der Waals surface area contributed by atoms with Crippen LogP contribution in [0.15, 0.2) is 60.7 Å². The minimum atomic E-state index is -1.08. The van der Waals surface area contributed by atoms with Crippen molar-refractivity contribution in [3.05, 3.63) is 118 Å². The van der Waals surface area contributed by atoms with E-state index in [9.17, 15) is 23.6 Å². The van der Waals surface area contributed by atoms with Crippen molar-refractivity contribution in [3.63, 3.8) is 0 Å². The number of alkyl carbamates (subject to hydrolysis) is 2. The second kappa shape index (κ2) is 23.3. The van der Waals surface area contributed by atoms with Crippen molar-refractivity contribution >= 4 is 57.4 Å². The molecule has 4 amide bonds. The summed E-state index contributed by atoms with van der Waals surface area (Å²) in [5.74, 6) is -3.41. The number of hydrogen-bond donors (Lipinski definition) is 4. The number of H-pyrrole nitrogens is 2. The molecule has 4 saturated heterocycles. The Morgan fingerprint density at radius 1 is 0.575 bits per heavy atom. The number of ether oxygens (including phenoxy) is 4. The van der Waals surface area contributed by atoms with E-state index in [1.165, 1.54) is 64.8 Å². The van der Waals surface area contributed by atoms with Crippen LogP contribution in [0.3, 0.4) is 0 Å². The number of imidazole rings is 2. The molecule has 8 atom stereocenters. The Morgan fingerprint density at radius 2 is 1.02 bits per heavy atom. The number of carbonyl (C=O) groups excluding carboxylic acids is 4. The molecule has 23 heteroatoms. The molecule has 426 valence electrons. The molecule has 10 rings (SSSR count). The standard InChI is InChI=1S/C57H65F5N10O8/c1-29(77-3)49(67-56(75)79-5)54(73)70-19-7-9-47(70)52-63-41-25-35(37(59)27-43(41)65-52)45-15-16-46(72(45)34-23-39(61)51(40(62)24-34)69-21-17-32(18-22-69)31-11-13-33(58)14-12-31)36-26-42-44(28-38(36)60)66-53(64-42)48-10-8-20-71(48)55(74)50(30(2)78-4)68-57(76)80-6/h11-14,23-30,32,45-50H,7-10,15-22H2,1-6H3,(H,63,65)(H,64,66)(H,67,75)(H,68,76)/t29-,30-,45-,46-,47-,48-,49+,50?/m1/s1. The summed E-state index contributed by atoms with van der Waals surface area (Å²) < 4.78 is 102. The van der Waals surface area contributed by atoms with Gasteiger partial charge >= 0.3 is 12.2 Å². The van der Waals surface area contributed by atoms with Crippen LogP contribution in [0, 0.1) is 29.1 Å². The quantitative estimate of drug-likeness (QED) is 0.0712. The molecule has 0 bridgehead atoms. The number of carbonyl (C=O) groups is 4. The number of piperidine rings is 1. The molecular weight excluding hydrogens is 1050 g/mol. The number of aromatic amines is 2. The summed E-state index contributed by atoms with van der Waals surface area (Å²) in [6.45, 7) is 4.64. The molecule has 4 N–H and O–H groups in total. The summed E-state index contributed by atoms with van der Waals surface area (Å²) in [5.41, 5.74) is 2.44. The first-order valence-electron chi connectivity index (χ1n) is 27.0. The second-order valence-electron chi connectivity index (χ2n) is 21.1. The van der Waals surface area contributed by atoms with Crippen LogP contribution in [0.4, 0.5) is 42.9 Å². The summed E-state index contributed by atoms with van der Waals surface area (Å²) in [6, 6.07) is 9.30.